The number of benzene rings is 1. The SMILES string of the molecule is C[Si](C)(C)CCOCn1c(I)cc2c(Br)ccc(C(=O)O)c21. The van der Waals surface area contributed by atoms with Gasteiger partial charge in [-0.05, 0) is 46.8 Å². The summed E-state index contributed by atoms with van der Waals surface area (Å²) in [6.07, 6.45) is 0. The average Bonchev–Trinajstić information content (AvgIpc) is 2.72. The van der Waals surface area contributed by atoms with Gasteiger partial charge in [0, 0.05) is 24.5 Å². The van der Waals surface area contributed by atoms with Crippen LogP contribution in [0.4, 0.5) is 0 Å². The Kier molecular flexibility index (Phi) is 5.73. The predicted molar refractivity (Wildman–Crippen MR) is 103 cm³/mol. The summed E-state index contributed by atoms with van der Waals surface area (Å²) in [6.45, 7) is 8.02. The zero-order valence-electron chi connectivity index (χ0n) is 12.8. The lowest BCUT2D eigenvalue weighted by molar-refractivity contribution is 0.0696. The normalized spacial score (nSPS) is 12.0. The third-order valence-electron chi connectivity index (χ3n) is 3.40. The number of ether oxygens (including phenoxy) is 1. The number of nitrogens with zero attached hydrogens (tertiary/aromatic N) is 1. The lowest BCUT2D eigenvalue weighted by Gasteiger charge is -2.16. The number of carboxylic acid groups (broad SMARTS) is 1. The van der Waals surface area contributed by atoms with E-state index in [1.165, 1.54) is 0 Å². The first-order valence-corrected chi connectivity index (χ1v) is 12.6. The largest absolute Gasteiger partial charge is 0.478 e. The summed E-state index contributed by atoms with van der Waals surface area (Å²) in [4.78, 5) is 11.5. The molecule has 7 heteroatoms. The monoisotopic (exact) mass is 495 g/mol. The van der Waals surface area contributed by atoms with E-state index >= 15 is 0 Å². The molecule has 0 spiro atoms. The van der Waals surface area contributed by atoms with Crippen molar-refractivity contribution < 1.29 is 14.6 Å². The number of aromatic nitrogens is 1. The fraction of sp³-hybridized carbons (Fsp3) is 0.400. The Balaban J connectivity index is 2.31. The molecule has 2 rings (SSSR count). The number of carbonyl (C=O) groups is 1. The molecule has 0 radical (unpaired) electrons. The van der Waals surface area contributed by atoms with Crippen molar-refractivity contribution in [3.05, 3.63) is 31.9 Å². The first-order chi connectivity index (χ1) is 10.2. The molecule has 1 heterocycles. The minimum absolute atomic E-state index is 0.301. The van der Waals surface area contributed by atoms with Crippen molar-refractivity contribution in [1.29, 1.82) is 0 Å². The highest BCUT2D eigenvalue weighted by Gasteiger charge is 2.18. The van der Waals surface area contributed by atoms with Gasteiger partial charge in [-0.1, -0.05) is 35.6 Å². The van der Waals surface area contributed by atoms with Gasteiger partial charge in [-0.25, -0.2) is 4.79 Å². The lowest BCUT2D eigenvalue weighted by atomic mass is 10.1. The Hall–Kier alpha value is -0.383. The Morgan fingerprint density at radius 2 is 2.09 bits per heavy atom. The van der Waals surface area contributed by atoms with Crippen LogP contribution in [0.5, 0.6) is 0 Å². The zero-order valence-corrected chi connectivity index (χ0v) is 17.6. The van der Waals surface area contributed by atoms with E-state index in [0.717, 1.165) is 19.6 Å². The molecule has 0 amide bonds. The maximum Gasteiger partial charge on any atom is 0.337 e. The van der Waals surface area contributed by atoms with E-state index < -0.39 is 14.0 Å². The van der Waals surface area contributed by atoms with E-state index in [4.69, 9.17) is 4.74 Å². The number of carboxylic acids is 1. The van der Waals surface area contributed by atoms with Crippen molar-refractivity contribution in [2.75, 3.05) is 6.61 Å². The highest BCUT2D eigenvalue weighted by molar-refractivity contribution is 14.1. The summed E-state index contributed by atoms with van der Waals surface area (Å²) in [5, 5.41) is 10.3. The molecule has 1 aromatic heterocycles. The third kappa shape index (κ3) is 4.12. The van der Waals surface area contributed by atoms with Gasteiger partial charge in [-0.3, -0.25) is 0 Å². The van der Waals surface area contributed by atoms with Gasteiger partial charge in [0.15, 0.2) is 0 Å². The Morgan fingerprint density at radius 3 is 2.68 bits per heavy atom. The van der Waals surface area contributed by atoms with Crippen molar-refractivity contribution in [2.45, 2.75) is 32.4 Å². The second kappa shape index (κ2) is 7.02. The van der Waals surface area contributed by atoms with Crippen LogP contribution in [0.25, 0.3) is 10.9 Å². The smallest absolute Gasteiger partial charge is 0.337 e. The minimum Gasteiger partial charge on any atom is -0.478 e. The number of fused-ring (bicyclic) bond motifs is 1. The molecule has 22 heavy (non-hydrogen) atoms. The molecule has 0 saturated carbocycles. The van der Waals surface area contributed by atoms with Crippen LogP contribution in [0.15, 0.2) is 22.7 Å². The van der Waals surface area contributed by atoms with E-state index in [1.807, 2.05) is 10.6 Å². The molecule has 0 atom stereocenters. The Labute approximate surface area is 153 Å². The molecule has 1 aromatic carbocycles. The summed E-state index contributed by atoms with van der Waals surface area (Å²) in [5.41, 5.74) is 1.01. The number of hydrogen-bond acceptors (Lipinski definition) is 2. The van der Waals surface area contributed by atoms with Gasteiger partial charge in [0.2, 0.25) is 0 Å². The average molecular weight is 496 g/mol. The first-order valence-electron chi connectivity index (χ1n) is 6.99. The minimum atomic E-state index is -1.12. The lowest BCUT2D eigenvalue weighted by Crippen LogP contribution is -2.22. The van der Waals surface area contributed by atoms with Gasteiger partial charge in [0.25, 0.3) is 0 Å². The number of hydrogen-bond donors (Lipinski definition) is 1. The van der Waals surface area contributed by atoms with Crippen molar-refractivity contribution in [2.24, 2.45) is 0 Å². The molecule has 120 valence electrons. The quantitative estimate of drug-likeness (QED) is 0.348. The van der Waals surface area contributed by atoms with Crippen LogP contribution in [0.3, 0.4) is 0 Å². The van der Waals surface area contributed by atoms with Crippen LogP contribution >= 0.6 is 38.5 Å². The molecule has 1 N–H and O–H groups in total. The summed E-state index contributed by atoms with van der Waals surface area (Å²) < 4.78 is 9.59. The molecule has 0 unspecified atom stereocenters. The second-order valence-electron chi connectivity index (χ2n) is 6.41. The fourth-order valence-electron chi connectivity index (χ4n) is 2.15. The predicted octanol–water partition coefficient (Wildman–Crippen LogP) is 5.02. The van der Waals surface area contributed by atoms with Crippen molar-refractivity contribution in [3.8, 4) is 0 Å². The van der Waals surface area contributed by atoms with Gasteiger partial charge in [-0.2, -0.15) is 0 Å². The van der Waals surface area contributed by atoms with Gasteiger partial charge in [-0.15, -0.1) is 0 Å². The maximum atomic E-state index is 11.5. The van der Waals surface area contributed by atoms with Crippen molar-refractivity contribution >= 4 is 63.5 Å². The molecule has 0 bridgehead atoms. The van der Waals surface area contributed by atoms with E-state index in [-0.39, 0.29) is 0 Å². The third-order valence-corrected chi connectivity index (χ3v) is 6.69. The highest BCUT2D eigenvalue weighted by Crippen LogP contribution is 2.31. The van der Waals surface area contributed by atoms with Crippen LogP contribution in [-0.4, -0.2) is 30.3 Å². The van der Waals surface area contributed by atoms with E-state index in [1.54, 1.807) is 12.1 Å². The van der Waals surface area contributed by atoms with Gasteiger partial charge < -0.3 is 14.4 Å². The summed E-state index contributed by atoms with van der Waals surface area (Å²) in [6, 6.07) is 6.48. The Morgan fingerprint density at radius 1 is 1.41 bits per heavy atom. The molecule has 4 nitrogen and oxygen atoms in total. The fourth-order valence-corrected chi connectivity index (χ4v) is 4.03. The summed E-state index contributed by atoms with van der Waals surface area (Å²) >= 11 is 5.71. The second-order valence-corrected chi connectivity index (χ2v) is 14.0. The van der Waals surface area contributed by atoms with E-state index in [0.29, 0.717) is 24.4 Å². The van der Waals surface area contributed by atoms with Crippen molar-refractivity contribution in [1.82, 2.24) is 4.57 Å². The topological polar surface area (TPSA) is 51.5 Å². The zero-order chi connectivity index (χ0) is 16.5. The molecule has 0 aliphatic carbocycles. The molecular weight excluding hydrogens is 477 g/mol. The van der Waals surface area contributed by atoms with E-state index in [2.05, 4.69) is 58.2 Å². The van der Waals surface area contributed by atoms with Gasteiger partial charge in [0.05, 0.1) is 14.8 Å². The summed E-state index contributed by atoms with van der Waals surface area (Å²) in [5.74, 6) is -0.921. The standard InChI is InChI=1S/C15H19BrINO3Si/c1-22(2,3)7-6-21-9-18-13(17)8-11-12(16)5-4-10(14(11)18)15(19)20/h4-5,8H,6-7,9H2,1-3H3,(H,19,20). The number of aromatic carboxylic acids is 1. The molecule has 0 aliphatic rings. The Bertz CT molecular complexity index is 709. The summed E-state index contributed by atoms with van der Waals surface area (Å²) in [7, 11) is -1.12. The van der Waals surface area contributed by atoms with Crippen LogP contribution in [0, 0.1) is 3.70 Å². The van der Waals surface area contributed by atoms with Crippen molar-refractivity contribution in [3.63, 3.8) is 0 Å². The van der Waals surface area contributed by atoms with E-state index in [9.17, 15) is 9.90 Å². The highest BCUT2D eigenvalue weighted by atomic mass is 127. The first kappa shape index (κ1) is 18.0. The molecule has 0 saturated heterocycles. The maximum absolute atomic E-state index is 11.5. The van der Waals surface area contributed by atoms with Crippen LogP contribution in [0.2, 0.25) is 25.7 Å². The molecular formula is C15H19BrINO3Si. The van der Waals surface area contributed by atoms with Gasteiger partial charge >= 0.3 is 5.97 Å². The van der Waals surface area contributed by atoms with Crippen LogP contribution in [0.1, 0.15) is 10.4 Å². The van der Waals surface area contributed by atoms with Crippen LogP contribution < -0.4 is 0 Å². The van der Waals surface area contributed by atoms with Gasteiger partial charge in [0.1, 0.15) is 6.73 Å². The number of halogens is 2. The van der Waals surface area contributed by atoms with Crippen LogP contribution in [-0.2, 0) is 11.5 Å². The number of rotatable bonds is 6. The molecule has 0 fully saturated rings. The molecule has 2 aromatic rings. The molecule has 0 aliphatic heterocycles.